The second kappa shape index (κ2) is 7.15. The highest BCUT2D eigenvalue weighted by Crippen LogP contribution is 2.37. The number of halogens is 1. The van der Waals surface area contributed by atoms with Gasteiger partial charge >= 0.3 is 0 Å². The van der Waals surface area contributed by atoms with E-state index in [0.717, 1.165) is 39.6 Å². The summed E-state index contributed by atoms with van der Waals surface area (Å²) in [6.45, 7) is 2.67. The summed E-state index contributed by atoms with van der Waals surface area (Å²) < 4.78 is 29.8. The molecule has 28 heavy (non-hydrogen) atoms. The van der Waals surface area contributed by atoms with Gasteiger partial charge in [-0.15, -0.1) is 11.3 Å². The molecule has 0 unspecified atom stereocenters. The monoisotopic (exact) mass is 433 g/mol. The van der Waals surface area contributed by atoms with Crippen molar-refractivity contribution < 1.29 is 8.42 Å². The Kier molecular flexibility index (Phi) is 4.95. The minimum Gasteiger partial charge on any atom is -0.309 e. The molecule has 3 heterocycles. The molecule has 4 rings (SSSR count). The maximum atomic E-state index is 13.6. The molecule has 0 atom stereocenters. The Hall–Kier alpha value is -1.93. The Morgan fingerprint density at radius 3 is 2.75 bits per heavy atom. The first-order valence-electron chi connectivity index (χ1n) is 8.82. The Morgan fingerprint density at radius 2 is 2.00 bits per heavy atom. The number of likely N-dealkylation sites (N-methyl/N-ethyl adjacent to an activating group) is 1. The molecule has 0 aliphatic heterocycles. The highest BCUT2D eigenvalue weighted by molar-refractivity contribution is 7.92. The van der Waals surface area contributed by atoms with Gasteiger partial charge in [-0.2, -0.15) is 8.42 Å². The topological polar surface area (TPSA) is 55.2 Å². The van der Waals surface area contributed by atoms with Gasteiger partial charge in [0.2, 0.25) is 0 Å². The van der Waals surface area contributed by atoms with E-state index in [-0.39, 0.29) is 0 Å². The number of pyridine rings is 1. The van der Waals surface area contributed by atoms with Gasteiger partial charge in [0.25, 0.3) is 10.0 Å². The molecule has 0 saturated carbocycles. The van der Waals surface area contributed by atoms with Crippen molar-refractivity contribution in [3.8, 4) is 0 Å². The Balaban J connectivity index is 1.91. The van der Waals surface area contributed by atoms with Crippen LogP contribution in [0.4, 0.5) is 0 Å². The van der Waals surface area contributed by atoms with Crippen molar-refractivity contribution in [3.05, 3.63) is 59.0 Å². The molecule has 0 aliphatic carbocycles. The molecule has 5 nitrogen and oxygen atoms in total. The molecule has 0 amide bonds. The van der Waals surface area contributed by atoms with Crippen LogP contribution < -0.4 is 0 Å². The summed E-state index contributed by atoms with van der Waals surface area (Å²) >= 11 is 7.38. The Morgan fingerprint density at radius 1 is 1.21 bits per heavy atom. The molecule has 1 aromatic carbocycles. The Labute approximate surface area is 173 Å². The molecule has 146 valence electrons. The summed E-state index contributed by atoms with van der Waals surface area (Å²) in [5.41, 5.74) is 2.32. The van der Waals surface area contributed by atoms with Crippen molar-refractivity contribution in [2.75, 3.05) is 20.6 Å². The number of hydrogen-bond donors (Lipinski definition) is 0. The summed E-state index contributed by atoms with van der Waals surface area (Å²) in [5.74, 6) is 0. The van der Waals surface area contributed by atoms with Crippen LogP contribution in [0.3, 0.4) is 0 Å². The average Bonchev–Trinajstić information content (AvgIpc) is 3.19. The van der Waals surface area contributed by atoms with Crippen molar-refractivity contribution in [1.29, 1.82) is 0 Å². The van der Waals surface area contributed by atoms with E-state index in [0.29, 0.717) is 14.7 Å². The maximum Gasteiger partial charge on any atom is 0.278 e. The van der Waals surface area contributed by atoms with Gasteiger partial charge < -0.3 is 4.90 Å². The third-order valence-corrected chi connectivity index (χ3v) is 8.61. The molecule has 0 fully saturated rings. The van der Waals surface area contributed by atoms with Gasteiger partial charge in [-0.1, -0.05) is 11.6 Å². The lowest BCUT2D eigenvalue weighted by atomic mass is 10.1. The molecule has 0 bridgehead atoms. The van der Waals surface area contributed by atoms with Gasteiger partial charge in [0.15, 0.2) is 0 Å². The summed E-state index contributed by atoms with van der Waals surface area (Å²) in [7, 11) is 0.256. The predicted octanol–water partition coefficient (Wildman–Crippen LogP) is 4.55. The zero-order chi connectivity index (χ0) is 20.1. The molecule has 0 N–H and O–H groups in total. The fraction of sp³-hybridized carbons (Fsp3) is 0.250. The van der Waals surface area contributed by atoms with Gasteiger partial charge in [0.05, 0.1) is 11.7 Å². The van der Waals surface area contributed by atoms with Crippen LogP contribution >= 0.6 is 22.9 Å². The normalized spacial score (nSPS) is 12.5. The van der Waals surface area contributed by atoms with Crippen LogP contribution in [0.5, 0.6) is 0 Å². The van der Waals surface area contributed by atoms with Crippen LogP contribution in [-0.4, -0.2) is 42.9 Å². The molecule has 0 aliphatic rings. The highest BCUT2D eigenvalue weighted by atomic mass is 35.5. The SMILES string of the molecule is Cc1c(S(=O)(=O)n2cc(CCN(C)C)c3ccncc32)sc2ccc(Cl)cc12. The smallest absolute Gasteiger partial charge is 0.278 e. The molecule has 8 heteroatoms. The largest absolute Gasteiger partial charge is 0.309 e. The van der Waals surface area contributed by atoms with Gasteiger partial charge in [-0.3, -0.25) is 4.98 Å². The van der Waals surface area contributed by atoms with Crippen LogP contribution in [0.2, 0.25) is 5.02 Å². The predicted molar refractivity (Wildman–Crippen MR) is 116 cm³/mol. The summed E-state index contributed by atoms with van der Waals surface area (Å²) in [6.07, 6.45) is 5.82. The number of benzene rings is 1. The van der Waals surface area contributed by atoms with Gasteiger partial charge in [-0.05, 0) is 68.2 Å². The first-order valence-corrected chi connectivity index (χ1v) is 11.5. The molecule has 3 aromatic heterocycles. The zero-order valence-corrected chi connectivity index (χ0v) is 18.2. The minimum absolute atomic E-state index is 0.338. The number of aryl methyl sites for hydroxylation is 1. The third kappa shape index (κ3) is 3.22. The zero-order valence-electron chi connectivity index (χ0n) is 15.8. The van der Waals surface area contributed by atoms with Gasteiger partial charge in [-0.25, -0.2) is 3.97 Å². The van der Waals surface area contributed by atoms with Crippen molar-refractivity contribution in [2.45, 2.75) is 17.6 Å². The average molecular weight is 434 g/mol. The second-order valence-electron chi connectivity index (χ2n) is 7.06. The van der Waals surface area contributed by atoms with Crippen LogP contribution in [0, 0.1) is 6.92 Å². The third-order valence-electron chi connectivity index (χ3n) is 4.83. The first kappa shape index (κ1) is 19.4. The highest BCUT2D eigenvalue weighted by Gasteiger charge is 2.26. The lowest BCUT2D eigenvalue weighted by Gasteiger charge is -2.08. The van der Waals surface area contributed by atoms with Crippen LogP contribution in [0.15, 0.2) is 47.1 Å². The maximum absolute atomic E-state index is 13.6. The van der Waals surface area contributed by atoms with E-state index in [1.165, 1.54) is 15.3 Å². The summed E-state index contributed by atoms with van der Waals surface area (Å²) in [5, 5.41) is 2.39. The lowest BCUT2D eigenvalue weighted by molar-refractivity contribution is 0.414. The second-order valence-corrected chi connectivity index (χ2v) is 10.6. The number of hydrogen-bond acceptors (Lipinski definition) is 5. The molecule has 4 aromatic rings. The number of fused-ring (bicyclic) bond motifs is 2. The minimum atomic E-state index is -3.75. The fourth-order valence-corrected chi connectivity index (χ4v) is 6.73. The van der Waals surface area contributed by atoms with Crippen LogP contribution in [-0.2, 0) is 16.4 Å². The van der Waals surface area contributed by atoms with Crippen LogP contribution in [0.1, 0.15) is 11.1 Å². The van der Waals surface area contributed by atoms with Crippen LogP contribution in [0.25, 0.3) is 21.0 Å². The van der Waals surface area contributed by atoms with E-state index in [2.05, 4.69) is 9.88 Å². The van der Waals surface area contributed by atoms with Gasteiger partial charge in [0, 0.05) is 34.0 Å². The number of aromatic nitrogens is 2. The first-order chi connectivity index (χ1) is 13.3. The van der Waals surface area contributed by atoms with E-state index in [4.69, 9.17) is 11.6 Å². The lowest BCUT2D eigenvalue weighted by Crippen LogP contribution is -2.15. The number of thiophene rings is 1. The van der Waals surface area contributed by atoms with E-state index in [9.17, 15) is 8.42 Å². The van der Waals surface area contributed by atoms with E-state index in [1.54, 1.807) is 24.7 Å². The summed E-state index contributed by atoms with van der Waals surface area (Å²) in [6, 6.07) is 7.35. The standard InChI is InChI=1S/C20H20ClN3O2S2/c1-13-17-10-15(21)4-5-19(17)27-20(13)28(25,26)24-12-14(7-9-23(2)3)16-6-8-22-11-18(16)24/h4-6,8,10-12H,7,9H2,1-3H3. The van der Waals surface area contributed by atoms with Gasteiger partial charge in [0.1, 0.15) is 4.21 Å². The number of nitrogens with zero attached hydrogens (tertiary/aromatic N) is 3. The molecule has 0 radical (unpaired) electrons. The summed E-state index contributed by atoms with van der Waals surface area (Å²) in [4.78, 5) is 6.24. The molecular weight excluding hydrogens is 414 g/mol. The molecular formula is C20H20ClN3O2S2. The van der Waals surface area contributed by atoms with Crippen molar-refractivity contribution in [2.24, 2.45) is 0 Å². The van der Waals surface area contributed by atoms with E-state index >= 15 is 0 Å². The number of rotatable bonds is 5. The van der Waals surface area contributed by atoms with Crippen molar-refractivity contribution >= 4 is 54.0 Å². The van der Waals surface area contributed by atoms with E-state index in [1.807, 2.05) is 39.2 Å². The quantitative estimate of drug-likeness (QED) is 0.463. The molecule has 0 saturated heterocycles. The van der Waals surface area contributed by atoms with Crippen molar-refractivity contribution in [1.82, 2.24) is 13.9 Å². The van der Waals surface area contributed by atoms with Crippen molar-refractivity contribution in [3.63, 3.8) is 0 Å². The molecule has 0 spiro atoms. The Bertz CT molecular complexity index is 1290. The fourth-order valence-electron chi connectivity index (χ4n) is 3.36. The van der Waals surface area contributed by atoms with E-state index < -0.39 is 10.0 Å².